The molecule has 0 radical (unpaired) electrons. The molecule has 0 aromatic carbocycles. The van der Waals surface area contributed by atoms with E-state index in [9.17, 15) is 8.78 Å². The van der Waals surface area contributed by atoms with Crippen molar-refractivity contribution < 1.29 is 8.78 Å². The molecule has 0 aliphatic heterocycles. The highest BCUT2D eigenvalue weighted by Crippen LogP contribution is 2.13. The van der Waals surface area contributed by atoms with Gasteiger partial charge in [0.15, 0.2) is 0 Å². The molecule has 3 N–H and O–H groups in total. The lowest BCUT2D eigenvalue weighted by Gasteiger charge is -2.12. The predicted octanol–water partition coefficient (Wildman–Crippen LogP) is 1.39. The van der Waals surface area contributed by atoms with Crippen LogP contribution in [0.1, 0.15) is 4.88 Å². The molecule has 0 aliphatic carbocycles. The first-order chi connectivity index (χ1) is 5.74. The van der Waals surface area contributed by atoms with Gasteiger partial charge in [0.05, 0.1) is 6.04 Å². The van der Waals surface area contributed by atoms with Crippen LogP contribution in [0, 0.1) is 0 Å². The Balaban J connectivity index is 2.48. The number of hydrogen-bond donors (Lipinski definition) is 2. The highest BCUT2D eigenvalue weighted by molar-refractivity contribution is 7.09. The topological polar surface area (TPSA) is 38.0 Å². The lowest BCUT2D eigenvalue weighted by molar-refractivity contribution is 0.0988. The molecule has 2 nitrogen and oxygen atoms in total. The van der Waals surface area contributed by atoms with Gasteiger partial charge in [0.25, 0.3) is 6.43 Å². The third-order valence-corrected chi connectivity index (χ3v) is 2.42. The summed E-state index contributed by atoms with van der Waals surface area (Å²) in [4.78, 5) is 0.915. The van der Waals surface area contributed by atoms with E-state index in [4.69, 9.17) is 5.84 Å². The smallest absolute Gasteiger partial charge is 0.255 e. The SMILES string of the molecule is NNC(Cc1cccs1)C(F)F. The first-order valence-corrected chi connectivity index (χ1v) is 4.38. The minimum atomic E-state index is -2.42. The van der Waals surface area contributed by atoms with Crippen molar-refractivity contribution in [2.45, 2.75) is 18.9 Å². The third-order valence-electron chi connectivity index (χ3n) is 1.52. The molecule has 1 rings (SSSR count). The van der Waals surface area contributed by atoms with Gasteiger partial charge >= 0.3 is 0 Å². The second-order valence-electron chi connectivity index (χ2n) is 2.39. The Bertz CT molecular complexity index is 213. The highest BCUT2D eigenvalue weighted by Gasteiger charge is 2.18. The van der Waals surface area contributed by atoms with Crippen molar-refractivity contribution in [1.82, 2.24) is 5.43 Å². The van der Waals surface area contributed by atoms with E-state index >= 15 is 0 Å². The molecule has 12 heavy (non-hydrogen) atoms. The molecule has 0 spiro atoms. The summed E-state index contributed by atoms with van der Waals surface area (Å²) in [6.07, 6.45) is -2.14. The van der Waals surface area contributed by atoms with Gasteiger partial charge in [-0.1, -0.05) is 6.07 Å². The third kappa shape index (κ3) is 2.51. The summed E-state index contributed by atoms with van der Waals surface area (Å²) in [6.45, 7) is 0. The maximum Gasteiger partial charge on any atom is 0.255 e. The van der Waals surface area contributed by atoms with Crippen LogP contribution in [-0.2, 0) is 6.42 Å². The molecule has 68 valence electrons. The molecular weight excluding hydrogens is 182 g/mol. The van der Waals surface area contributed by atoms with Crippen molar-refractivity contribution in [1.29, 1.82) is 0 Å². The fourth-order valence-electron chi connectivity index (χ4n) is 0.866. The van der Waals surface area contributed by atoms with E-state index in [-0.39, 0.29) is 6.42 Å². The quantitative estimate of drug-likeness (QED) is 0.559. The normalized spacial score (nSPS) is 13.7. The molecule has 1 aromatic rings. The lowest BCUT2D eigenvalue weighted by Crippen LogP contribution is -2.41. The summed E-state index contributed by atoms with van der Waals surface area (Å²) < 4.78 is 24.3. The van der Waals surface area contributed by atoms with Crippen LogP contribution in [0.3, 0.4) is 0 Å². The van der Waals surface area contributed by atoms with Gasteiger partial charge < -0.3 is 0 Å². The van der Waals surface area contributed by atoms with Crippen LogP contribution in [0.4, 0.5) is 8.78 Å². The average Bonchev–Trinajstić information content (AvgIpc) is 2.51. The van der Waals surface area contributed by atoms with Gasteiger partial charge in [0, 0.05) is 11.3 Å². The van der Waals surface area contributed by atoms with Crippen LogP contribution in [0.25, 0.3) is 0 Å². The molecule has 0 amide bonds. The molecule has 1 aromatic heterocycles. The Morgan fingerprint density at radius 2 is 2.33 bits per heavy atom. The summed E-state index contributed by atoms with van der Waals surface area (Å²) in [7, 11) is 0. The number of hydrazine groups is 1. The van der Waals surface area contributed by atoms with Crippen molar-refractivity contribution in [3.05, 3.63) is 22.4 Å². The van der Waals surface area contributed by atoms with Gasteiger partial charge in [-0.05, 0) is 11.4 Å². The van der Waals surface area contributed by atoms with Crippen LogP contribution in [0.5, 0.6) is 0 Å². The Labute approximate surface area is 73.4 Å². The number of thiophene rings is 1. The number of nitrogens with two attached hydrogens (primary N) is 1. The highest BCUT2D eigenvalue weighted by atomic mass is 32.1. The van der Waals surface area contributed by atoms with Crippen molar-refractivity contribution >= 4 is 11.3 Å². The Kier molecular flexibility index (Phi) is 3.58. The molecule has 5 heteroatoms. The van der Waals surface area contributed by atoms with E-state index in [0.29, 0.717) is 0 Å². The lowest BCUT2D eigenvalue weighted by atomic mass is 10.2. The Morgan fingerprint density at radius 1 is 1.58 bits per heavy atom. The molecule has 0 saturated heterocycles. The number of rotatable bonds is 4. The van der Waals surface area contributed by atoms with Gasteiger partial charge in [0.2, 0.25) is 0 Å². The minimum Gasteiger partial charge on any atom is -0.271 e. The zero-order valence-corrected chi connectivity index (χ0v) is 7.15. The number of halogens is 2. The van der Waals surface area contributed by atoms with Crippen LogP contribution < -0.4 is 11.3 Å². The minimum absolute atomic E-state index is 0.284. The van der Waals surface area contributed by atoms with Crippen molar-refractivity contribution in [2.24, 2.45) is 5.84 Å². The summed E-state index contributed by atoms with van der Waals surface area (Å²) >= 11 is 1.46. The maximum absolute atomic E-state index is 12.2. The maximum atomic E-state index is 12.2. The number of nitrogens with one attached hydrogen (secondary N) is 1. The van der Waals surface area contributed by atoms with E-state index in [2.05, 4.69) is 5.43 Å². The molecule has 0 aliphatic rings. The summed E-state index contributed by atoms with van der Waals surface area (Å²) in [6, 6.07) is 2.71. The zero-order chi connectivity index (χ0) is 8.97. The summed E-state index contributed by atoms with van der Waals surface area (Å²) in [5.74, 6) is 4.96. The van der Waals surface area contributed by atoms with E-state index in [1.165, 1.54) is 11.3 Å². The van der Waals surface area contributed by atoms with Crippen LogP contribution in [0.15, 0.2) is 17.5 Å². The molecule has 0 saturated carbocycles. The van der Waals surface area contributed by atoms with Gasteiger partial charge in [-0.3, -0.25) is 11.3 Å². The first kappa shape index (κ1) is 9.57. The zero-order valence-electron chi connectivity index (χ0n) is 6.34. The molecule has 0 fully saturated rings. The largest absolute Gasteiger partial charge is 0.271 e. The van der Waals surface area contributed by atoms with Crippen LogP contribution in [0.2, 0.25) is 0 Å². The van der Waals surface area contributed by atoms with Gasteiger partial charge in [-0.2, -0.15) is 0 Å². The molecule has 1 atom stereocenters. The first-order valence-electron chi connectivity index (χ1n) is 3.50. The van der Waals surface area contributed by atoms with Gasteiger partial charge in [0.1, 0.15) is 0 Å². The van der Waals surface area contributed by atoms with Crippen LogP contribution in [-0.4, -0.2) is 12.5 Å². The standard InChI is InChI=1S/C7H10F2N2S/c8-7(9)6(11-10)4-5-2-1-3-12-5/h1-3,6-7,11H,4,10H2. The second kappa shape index (κ2) is 4.49. The van der Waals surface area contributed by atoms with E-state index in [1.54, 1.807) is 0 Å². The molecule has 0 bridgehead atoms. The fraction of sp³-hybridized carbons (Fsp3) is 0.429. The monoisotopic (exact) mass is 192 g/mol. The molecule has 1 unspecified atom stereocenters. The Morgan fingerprint density at radius 3 is 2.75 bits per heavy atom. The molecule has 1 heterocycles. The van der Waals surface area contributed by atoms with Crippen molar-refractivity contribution in [2.75, 3.05) is 0 Å². The number of hydrogen-bond acceptors (Lipinski definition) is 3. The summed E-state index contributed by atoms with van der Waals surface area (Å²) in [5.41, 5.74) is 2.10. The second-order valence-corrected chi connectivity index (χ2v) is 3.42. The Hall–Kier alpha value is -0.520. The van der Waals surface area contributed by atoms with Crippen molar-refractivity contribution in [3.8, 4) is 0 Å². The van der Waals surface area contributed by atoms with Crippen LogP contribution >= 0.6 is 11.3 Å². The average molecular weight is 192 g/mol. The van der Waals surface area contributed by atoms with E-state index in [1.807, 2.05) is 17.5 Å². The van der Waals surface area contributed by atoms with Gasteiger partial charge in [-0.25, -0.2) is 8.78 Å². The predicted molar refractivity (Wildman–Crippen MR) is 45.1 cm³/mol. The number of alkyl halides is 2. The van der Waals surface area contributed by atoms with E-state index < -0.39 is 12.5 Å². The van der Waals surface area contributed by atoms with Crippen molar-refractivity contribution in [3.63, 3.8) is 0 Å². The van der Waals surface area contributed by atoms with Gasteiger partial charge in [-0.15, -0.1) is 11.3 Å². The molecular formula is C7H10F2N2S. The fourth-order valence-corrected chi connectivity index (χ4v) is 1.63. The van der Waals surface area contributed by atoms with E-state index in [0.717, 1.165) is 4.88 Å². The summed E-state index contributed by atoms with van der Waals surface area (Å²) in [5, 5.41) is 1.86.